The highest BCUT2D eigenvalue weighted by Crippen LogP contribution is 2.41. The Morgan fingerprint density at radius 2 is 2.17 bits per heavy atom. The van der Waals surface area contributed by atoms with E-state index in [4.69, 9.17) is 10.3 Å². The Morgan fingerprint density at radius 3 is 2.83 bits per heavy atom. The van der Waals surface area contributed by atoms with Crippen molar-refractivity contribution in [3.8, 4) is 0 Å². The molecule has 3 aromatic heterocycles. The molecule has 5 heterocycles. The quantitative estimate of drug-likeness (QED) is 0.0537. The third kappa shape index (κ3) is 5.73. The lowest BCUT2D eigenvalue weighted by Gasteiger charge is -2.49. The zero-order chi connectivity index (χ0) is 29.5. The van der Waals surface area contributed by atoms with Crippen molar-refractivity contribution in [2.75, 3.05) is 18.3 Å². The van der Waals surface area contributed by atoms with Gasteiger partial charge in [-0.3, -0.25) is 19.0 Å². The van der Waals surface area contributed by atoms with Gasteiger partial charge in [0.05, 0.1) is 6.54 Å². The Balaban J connectivity index is 1.38. The van der Waals surface area contributed by atoms with Gasteiger partial charge in [0.25, 0.3) is 18.7 Å². The van der Waals surface area contributed by atoms with Crippen LogP contribution >= 0.6 is 34.6 Å². The van der Waals surface area contributed by atoms with Crippen molar-refractivity contribution in [2.45, 2.75) is 24.5 Å². The SMILES string of the molecule is Nc1nc(/C(=N/OCF)C(=O)N[C@@H]2C(=O)N3C(C(=O)O)=C(Cn4c[n+]5ccsc5c4CNS(=O)(=O)O)CS[C@H]23)ns1. The van der Waals surface area contributed by atoms with Gasteiger partial charge in [-0.15, -0.1) is 11.8 Å². The maximum Gasteiger partial charge on any atom is 0.352 e. The number of carboxylic acid groups (broad SMARTS) is 1. The number of imidazole rings is 1. The summed E-state index contributed by atoms with van der Waals surface area (Å²) >= 11 is 3.26. The lowest BCUT2D eigenvalue weighted by molar-refractivity contribution is -0.508. The van der Waals surface area contributed by atoms with Gasteiger partial charge in [-0.1, -0.05) is 16.5 Å². The highest BCUT2D eigenvalue weighted by atomic mass is 32.2. The lowest BCUT2D eigenvalue weighted by atomic mass is 10.0. The number of amides is 2. The van der Waals surface area contributed by atoms with Crippen molar-refractivity contribution >= 4 is 78.4 Å². The van der Waals surface area contributed by atoms with E-state index in [1.165, 1.54) is 23.1 Å². The molecule has 5 rings (SSSR count). The van der Waals surface area contributed by atoms with Crippen molar-refractivity contribution < 1.29 is 46.1 Å². The van der Waals surface area contributed by atoms with E-state index in [1.54, 1.807) is 26.9 Å². The van der Waals surface area contributed by atoms with E-state index in [2.05, 4.69) is 24.7 Å². The monoisotopic (exact) mass is 648 g/mol. The van der Waals surface area contributed by atoms with Gasteiger partial charge < -0.3 is 21.0 Å². The summed E-state index contributed by atoms with van der Waals surface area (Å²) in [5.41, 5.74) is 5.56. The molecule has 41 heavy (non-hydrogen) atoms. The van der Waals surface area contributed by atoms with Gasteiger partial charge in [0, 0.05) is 28.2 Å². The molecule has 218 valence electrons. The first-order chi connectivity index (χ1) is 19.5. The number of carbonyl (C=O) groups is 3. The third-order valence-corrected chi connectivity index (χ3v) is 9.20. The van der Waals surface area contributed by atoms with Crippen LogP contribution in [0.3, 0.4) is 0 Å². The number of carbonyl (C=O) groups excluding carboxylic acids is 2. The molecule has 1 saturated heterocycles. The number of β-lactam (4-membered cyclic amide) rings is 1. The largest absolute Gasteiger partial charge is 0.477 e. The summed E-state index contributed by atoms with van der Waals surface area (Å²) in [4.78, 5) is 48.2. The Bertz CT molecular complexity index is 1720. The minimum Gasteiger partial charge on any atom is -0.477 e. The van der Waals surface area contributed by atoms with E-state index in [9.17, 15) is 32.3 Å². The van der Waals surface area contributed by atoms with Crippen LogP contribution in [0.2, 0.25) is 0 Å². The molecule has 2 aliphatic heterocycles. The molecule has 1 fully saturated rings. The molecule has 0 aromatic carbocycles. The summed E-state index contributed by atoms with van der Waals surface area (Å²) in [7, 11) is -4.50. The predicted molar refractivity (Wildman–Crippen MR) is 141 cm³/mol. The van der Waals surface area contributed by atoms with E-state index in [0.29, 0.717) is 16.1 Å². The normalized spacial score (nSPS) is 19.3. The number of thiazole rings is 1. The van der Waals surface area contributed by atoms with Crippen molar-refractivity contribution in [2.24, 2.45) is 5.16 Å². The number of aromatic nitrogens is 4. The molecule has 2 amide bonds. The van der Waals surface area contributed by atoms with Crippen LogP contribution in [0.1, 0.15) is 11.5 Å². The molecule has 3 aromatic rings. The zero-order valence-corrected chi connectivity index (χ0v) is 23.6. The van der Waals surface area contributed by atoms with Crippen LogP contribution in [-0.2, 0) is 42.6 Å². The number of nitrogens with one attached hydrogen (secondary N) is 2. The lowest BCUT2D eigenvalue weighted by Crippen LogP contribution is -2.71. The number of carboxylic acids is 1. The molecule has 2 atom stereocenters. The van der Waals surface area contributed by atoms with E-state index < -0.39 is 52.1 Å². The number of nitrogen functional groups attached to an aromatic ring is 1. The van der Waals surface area contributed by atoms with Gasteiger partial charge >= 0.3 is 16.3 Å². The van der Waals surface area contributed by atoms with Crippen LogP contribution in [0.25, 0.3) is 4.83 Å². The minimum absolute atomic E-state index is 0.00661. The second kappa shape index (κ2) is 11.3. The number of hydrogen-bond acceptors (Lipinski definition) is 13. The van der Waals surface area contributed by atoms with Crippen molar-refractivity contribution in [3.05, 3.63) is 40.7 Å². The summed E-state index contributed by atoms with van der Waals surface area (Å²) in [6.07, 6.45) is 3.36. The molecule has 2 aliphatic rings. The number of nitrogens with two attached hydrogens (primary N) is 1. The maximum atomic E-state index is 13.1. The average Bonchev–Trinajstić information content (AvgIpc) is 3.62. The van der Waals surface area contributed by atoms with E-state index in [-0.39, 0.29) is 35.5 Å². The summed E-state index contributed by atoms with van der Waals surface area (Å²) in [6.45, 7) is -1.62. The fourth-order valence-electron chi connectivity index (χ4n) is 4.24. The van der Waals surface area contributed by atoms with Gasteiger partial charge in [-0.05, 0) is 0 Å². The molecular weight excluding hydrogens is 630 g/mol. The first-order valence-electron chi connectivity index (χ1n) is 11.2. The van der Waals surface area contributed by atoms with Gasteiger partial charge in [0.15, 0.2) is 10.8 Å². The number of hydrogen-bond donors (Lipinski definition) is 5. The van der Waals surface area contributed by atoms with E-state index >= 15 is 0 Å². The Morgan fingerprint density at radius 1 is 1.39 bits per heavy atom. The number of thioether (sulfide) groups is 1. The molecule has 0 saturated carbocycles. The van der Waals surface area contributed by atoms with E-state index in [0.717, 1.165) is 16.4 Å². The molecular formula is C19H19FN9O8S4+. The topological polar surface area (TPSA) is 236 Å². The molecule has 6 N–H and O–H groups in total. The maximum absolute atomic E-state index is 13.1. The van der Waals surface area contributed by atoms with Gasteiger partial charge in [0.2, 0.25) is 22.7 Å². The molecule has 0 radical (unpaired) electrons. The fourth-order valence-corrected chi connectivity index (χ4v) is 7.20. The Kier molecular flexibility index (Phi) is 7.93. The molecule has 0 spiro atoms. The van der Waals surface area contributed by atoms with Crippen LogP contribution in [0.4, 0.5) is 9.52 Å². The van der Waals surface area contributed by atoms with Crippen LogP contribution in [0.5, 0.6) is 0 Å². The first-order valence-corrected chi connectivity index (χ1v) is 15.4. The highest BCUT2D eigenvalue weighted by molar-refractivity contribution is 8.00. The number of oxime groups is 1. The summed E-state index contributed by atoms with van der Waals surface area (Å²) in [6, 6.07) is -1.14. The Hall–Kier alpha value is -3.70. The summed E-state index contributed by atoms with van der Waals surface area (Å²) < 4.78 is 53.4. The second-order valence-corrected chi connectivity index (χ2v) is 12.4. The van der Waals surface area contributed by atoms with Crippen molar-refractivity contribution in [1.29, 1.82) is 0 Å². The van der Waals surface area contributed by atoms with Crippen molar-refractivity contribution in [1.82, 2.24) is 28.9 Å². The molecule has 0 unspecified atom stereocenters. The second-order valence-electron chi connectivity index (χ2n) is 8.35. The number of alkyl halides is 1. The number of anilines is 1. The van der Waals surface area contributed by atoms with Gasteiger partial charge in [0.1, 0.15) is 29.9 Å². The standard InChI is InChI=1S/C19H18FN9O8S4/c20-6-37-25-10(13-24-19(21)40-26-13)14(30)23-11-15(31)29-12(18(32)33)8(5-39-17(11)29)4-28-7-27-1-2-38-16(27)9(28)3-22-41(34,35)36/h1-2,7,11,17,22H,3-6H2,(H4-,21,23,24,26,30,32,33,34,35,36)/p+1/b25-10-/t11-,17-/m1/s1. The summed E-state index contributed by atoms with van der Waals surface area (Å²) in [5.74, 6) is -3.13. The average molecular weight is 649 g/mol. The number of fused-ring (bicyclic) bond motifs is 2. The molecule has 0 bridgehead atoms. The number of halogens is 1. The predicted octanol–water partition coefficient (Wildman–Crippen LogP) is -1.30. The van der Waals surface area contributed by atoms with E-state index in [1.807, 2.05) is 4.72 Å². The van der Waals surface area contributed by atoms with Crippen LogP contribution in [-0.4, -0.2) is 84.4 Å². The minimum atomic E-state index is -4.50. The molecule has 22 heteroatoms. The zero-order valence-electron chi connectivity index (χ0n) is 20.3. The Labute approximate surface area is 241 Å². The number of rotatable bonds is 11. The third-order valence-electron chi connectivity index (χ3n) is 5.89. The molecule has 0 aliphatic carbocycles. The van der Waals surface area contributed by atoms with Crippen LogP contribution < -0.4 is 20.2 Å². The van der Waals surface area contributed by atoms with Gasteiger partial charge in [-0.25, -0.2) is 13.8 Å². The highest BCUT2D eigenvalue weighted by Gasteiger charge is 2.54. The van der Waals surface area contributed by atoms with Crippen LogP contribution in [0, 0.1) is 0 Å². The number of nitrogens with zero attached hydrogens (tertiary/aromatic N) is 6. The smallest absolute Gasteiger partial charge is 0.352 e. The van der Waals surface area contributed by atoms with Crippen LogP contribution in [0.15, 0.2) is 34.3 Å². The number of aliphatic carboxylic acids is 1. The van der Waals surface area contributed by atoms with Crippen molar-refractivity contribution in [3.63, 3.8) is 0 Å². The first kappa shape index (κ1) is 28.8. The summed E-state index contributed by atoms with van der Waals surface area (Å²) in [5, 5.41) is 16.9. The fraction of sp³-hybridized carbons (Fsp3) is 0.316. The van der Waals surface area contributed by atoms with Gasteiger partial charge in [-0.2, -0.15) is 26.9 Å². The molecule has 17 nitrogen and oxygen atoms in total.